The summed E-state index contributed by atoms with van der Waals surface area (Å²) in [7, 11) is 1.67. The molecule has 3 nitrogen and oxygen atoms in total. The standard InChI is InChI=1S/C16H25NO2/c1-4-19-15-10-13(6-7-14(15)18-3)11-17-12-16(2)8-5-9-16/h6-7,10,17H,4-5,8-9,11-12H2,1-3H3. The van der Waals surface area contributed by atoms with Gasteiger partial charge in [0.2, 0.25) is 0 Å². The van der Waals surface area contributed by atoms with E-state index in [1.165, 1.54) is 24.8 Å². The third-order valence-electron chi connectivity index (χ3n) is 3.97. The van der Waals surface area contributed by atoms with E-state index in [1.807, 2.05) is 13.0 Å². The Morgan fingerprint density at radius 2 is 2.05 bits per heavy atom. The van der Waals surface area contributed by atoms with Crippen LogP contribution in [0.25, 0.3) is 0 Å². The van der Waals surface area contributed by atoms with Crippen LogP contribution in [0.15, 0.2) is 18.2 Å². The molecule has 1 fully saturated rings. The van der Waals surface area contributed by atoms with Crippen LogP contribution < -0.4 is 14.8 Å². The molecule has 1 aromatic rings. The van der Waals surface area contributed by atoms with Crippen LogP contribution in [-0.4, -0.2) is 20.3 Å². The highest BCUT2D eigenvalue weighted by Crippen LogP contribution is 2.39. The Labute approximate surface area is 116 Å². The lowest BCUT2D eigenvalue weighted by molar-refractivity contribution is 0.156. The first-order valence-electron chi connectivity index (χ1n) is 7.17. The van der Waals surface area contributed by atoms with Gasteiger partial charge in [-0.2, -0.15) is 0 Å². The fourth-order valence-corrected chi connectivity index (χ4v) is 2.57. The van der Waals surface area contributed by atoms with Crippen molar-refractivity contribution < 1.29 is 9.47 Å². The van der Waals surface area contributed by atoms with E-state index < -0.39 is 0 Å². The third kappa shape index (κ3) is 3.63. The van der Waals surface area contributed by atoms with Gasteiger partial charge in [0.25, 0.3) is 0 Å². The number of ether oxygens (including phenoxy) is 2. The molecule has 1 aromatic carbocycles. The smallest absolute Gasteiger partial charge is 0.161 e. The van der Waals surface area contributed by atoms with Crippen LogP contribution in [0.2, 0.25) is 0 Å². The highest BCUT2D eigenvalue weighted by Gasteiger charge is 2.30. The van der Waals surface area contributed by atoms with Gasteiger partial charge in [0, 0.05) is 13.1 Å². The monoisotopic (exact) mass is 263 g/mol. The zero-order valence-corrected chi connectivity index (χ0v) is 12.3. The van der Waals surface area contributed by atoms with Crippen LogP contribution in [0.5, 0.6) is 11.5 Å². The number of nitrogens with one attached hydrogen (secondary N) is 1. The van der Waals surface area contributed by atoms with Crippen molar-refractivity contribution in [1.82, 2.24) is 5.32 Å². The zero-order valence-electron chi connectivity index (χ0n) is 12.3. The molecule has 1 aliphatic rings. The molecule has 3 heteroatoms. The molecule has 0 atom stereocenters. The molecule has 2 rings (SSSR count). The van der Waals surface area contributed by atoms with Crippen molar-refractivity contribution in [3.63, 3.8) is 0 Å². The molecular formula is C16H25NO2. The van der Waals surface area contributed by atoms with E-state index in [2.05, 4.69) is 24.4 Å². The number of benzene rings is 1. The van der Waals surface area contributed by atoms with Crippen molar-refractivity contribution in [3.8, 4) is 11.5 Å². The summed E-state index contributed by atoms with van der Waals surface area (Å²) in [6, 6.07) is 6.14. The number of methoxy groups -OCH3 is 1. The van der Waals surface area contributed by atoms with Gasteiger partial charge < -0.3 is 14.8 Å². The van der Waals surface area contributed by atoms with E-state index in [4.69, 9.17) is 9.47 Å². The number of rotatable bonds is 7. The van der Waals surface area contributed by atoms with Crippen molar-refractivity contribution in [1.29, 1.82) is 0 Å². The van der Waals surface area contributed by atoms with E-state index in [0.29, 0.717) is 12.0 Å². The minimum absolute atomic E-state index is 0.523. The lowest BCUT2D eigenvalue weighted by Crippen LogP contribution is -2.36. The molecule has 0 heterocycles. The van der Waals surface area contributed by atoms with Gasteiger partial charge in [-0.15, -0.1) is 0 Å². The minimum atomic E-state index is 0.523. The highest BCUT2D eigenvalue weighted by molar-refractivity contribution is 5.42. The molecule has 0 spiro atoms. The molecule has 0 saturated heterocycles. The van der Waals surface area contributed by atoms with Crippen molar-refractivity contribution in [2.24, 2.45) is 5.41 Å². The van der Waals surface area contributed by atoms with Crippen molar-refractivity contribution in [3.05, 3.63) is 23.8 Å². The predicted molar refractivity (Wildman–Crippen MR) is 77.8 cm³/mol. The van der Waals surface area contributed by atoms with Gasteiger partial charge in [-0.25, -0.2) is 0 Å². The SMILES string of the molecule is CCOc1cc(CNCC2(C)CCC2)ccc1OC. The Morgan fingerprint density at radius 1 is 1.26 bits per heavy atom. The van der Waals surface area contributed by atoms with E-state index in [1.54, 1.807) is 7.11 Å². The highest BCUT2D eigenvalue weighted by atomic mass is 16.5. The van der Waals surface area contributed by atoms with E-state index in [9.17, 15) is 0 Å². The molecule has 0 bridgehead atoms. The second-order valence-corrected chi connectivity index (χ2v) is 5.69. The summed E-state index contributed by atoms with van der Waals surface area (Å²) < 4.78 is 10.9. The fourth-order valence-electron chi connectivity index (χ4n) is 2.57. The predicted octanol–water partition coefficient (Wildman–Crippen LogP) is 3.37. The van der Waals surface area contributed by atoms with Gasteiger partial charge in [-0.05, 0) is 42.9 Å². The Hall–Kier alpha value is -1.22. The first-order valence-corrected chi connectivity index (χ1v) is 7.17. The Kier molecular flexibility index (Phi) is 4.70. The second kappa shape index (κ2) is 6.29. The maximum atomic E-state index is 5.60. The van der Waals surface area contributed by atoms with E-state index in [0.717, 1.165) is 24.6 Å². The summed E-state index contributed by atoms with van der Waals surface area (Å²) in [4.78, 5) is 0. The van der Waals surface area contributed by atoms with E-state index >= 15 is 0 Å². The third-order valence-corrected chi connectivity index (χ3v) is 3.97. The van der Waals surface area contributed by atoms with Crippen LogP contribution in [0.1, 0.15) is 38.7 Å². The quantitative estimate of drug-likeness (QED) is 0.818. The number of hydrogen-bond acceptors (Lipinski definition) is 3. The van der Waals surface area contributed by atoms with Crippen LogP contribution in [0.4, 0.5) is 0 Å². The molecule has 0 unspecified atom stereocenters. The minimum Gasteiger partial charge on any atom is -0.493 e. The Balaban J connectivity index is 1.90. The van der Waals surface area contributed by atoms with Crippen molar-refractivity contribution in [2.75, 3.05) is 20.3 Å². The molecule has 106 valence electrons. The molecule has 19 heavy (non-hydrogen) atoms. The molecule has 0 radical (unpaired) electrons. The summed E-state index contributed by atoms with van der Waals surface area (Å²) >= 11 is 0. The summed E-state index contributed by atoms with van der Waals surface area (Å²) in [5.41, 5.74) is 1.77. The lowest BCUT2D eigenvalue weighted by atomic mass is 9.70. The molecule has 0 aliphatic heterocycles. The van der Waals surface area contributed by atoms with Gasteiger partial charge in [-0.1, -0.05) is 19.4 Å². The molecular weight excluding hydrogens is 238 g/mol. The van der Waals surface area contributed by atoms with E-state index in [-0.39, 0.29) is 0 Å². The topological polar surface area (TPSA) is 30.5 Å². The largest absolute Gasteiger partial charge is 0.493 e. The fraction of sp³-hybridized carbons (Fsp3) is 0.625. The summed E-state index contributed by atoms with van der Waals surface area (Å²) in [6.07, 6.45) is 4.09. The molecule has 1 aliphatic carbocycles. The maximum absolute atomic E-state index is 5.60. The van der Waals surface area contributed by atoms with Crippen LogP contribution in [-0.2, 0) is 6.54 Å². The molecule has 0 aromatic heterocycles. The average molecular weight is 263 g/mol. The molecule has 1 saturated carbocycles. The van der Waals surface area contributed by atoms with Crippen molar-refractivity contribution >= 4 is 0 Å². The van der Waals surface area contributed by atoms with Gasteiger partial charge >= 0.3 is 0 Å². The van der Waals surface area contributed by atoms with Gasteiger partial charge in [0.05, 0.1) is 13.7 Å². The van der Waals surface area contributed by atoms with Crippen LogP contribution >= 0.6 is 0 Å². The first-order chi connectivity index (χ1) is 9.17. The average Bonchev–Trinajstić information content (AvgIpc) is 2.37. The van der Waals surface area contributed by atoms with Gasteiger partial charge in [0.15, 0.2) is 11.5 Å². The zero-order chi connectivity index (χ0) is 13.7. The normalized spacial score (nSPS) is 16.8. The van der Waals surface area contributed by atoms with Crippen LogP contribution in [0.3, 0.4) is 0 Å². The molecule has 1 N–H and O–H groups in total. The maximum Gasteiger partial charge on any atom is 0.161 e. The van der Waals surface area contributed by atoms with Crippen LogP contribution in [0, 0.1) is 5.41 Å². The summed E-state index contributed by atoms with van der Waals surface area (Å²) in [5.74, 6) is 1.63. The second-order valence-electron chi connectivity index (χ2n) is 5.69. The Bertz CT molecular complexity index is 413. The van der Waals surface area contributed by atoms with Crippen molar-refractivity contribution in [2.45, 2.75) is 39.7 Å². The number of hydrogen-bond donors (Lipinski definition) is 1. The molecule has 0 amide bonds. The van der Waals surface area contributed by atoms with Gasteiger partial charge in [-0.3, -0.25) is 0 Å². The van der Waals surface area contributed by atoms with Gasteiger partial charge in [0.1, 0.15) is 0 Å². The summed E-state index contributed by atoms with van der Waals surface area (Å²) in [6.45, 7) is 7.00. The Morgan fingerprint density at radius 3 is 2.63 bits per heavy atom. The summed E-state index contributed by atoms with van der Waals surface area (Å²) in [5, 5.41) is 3.55. The lowest BCUT2D eigenvalue weighted by Gasteiger charge is -2.38. The first kappa shape index (κ1) is 14.2.